The fourth-order valence-electron chi connectivity index (χ4n) is 2.16. The number of halogens is 1. The van der Waals surface area contributed by atoms with E-state index in [1.54, 1.807) is 0 Å². The number of rotatable bonds is 3. The van der Waals surface area contributed by atoms with Crippen molar-refractivity contribution in [1.82, 2.24) is 0 Å². The Kier molecular flexibility index (Phi) is 3.78. The van der Waals surface area contributed by atoms with Crippen LogP contribution in [0.1, 0.15) is 35.6 Å². The Morgan fingerprint density at radius 3 is 2.28 bits per heavy atom. The van der Waals surface area contributed by atoms with Gasteiger partial charge in [-0.15, -0.1) is 0 Å². The Bertz CT molecular complexity index is 502. The summed E-state index contributed by atoms with van der Waals surface area (Å²) in [6.07, 6.45) is -0.693. The molecule has 0 spiro atoms. The SMILES string of the molecule is Cc1cc(F)cc(C(O)C(C)c2ccccc2)c1. The molecule has 2 aromatic carbocycles. The van der Waals surface area contributed by atoms with Gasteiger partial charge >= 0.3 is 0 Å². The molecule has 2 atom stereocenters. The van der Waals surface area contributed by atoms with E-state index in [-0.39, 0.29) is 11.7 Å². The van der Waals surface area contributed by atoms with E-state index < -0.39 is 6.10 Å². The first-order valence-corrected chi connectivity index (χ1v) is 6.08. The van der Waals surface area contributed by atoms with E-state index in [2.05, 4.69) is 0 Å². The van der Waals surface area contributed by atoms with Gasteiger partial charge in [0.25, 0.3) is 0 Å². The van der Waals surface area contributed by atoms with E-state index in [1.165, 1.54) is 12.1 Å². The number of aliphatic hydroxyl groups excluding tert-OH is 1. The Hall–Kier alpha value is -1.67. The molecule has 0 amide bonds. The van der Waals surface area contributed by atoms with Gasteiger partial charge in [-0.1, -0.05) is 43.3 Å². The van der Waals surface area contributed by atoms with E-state index in [9.17, 15) is 9.50 Å². The first-order valence-electron chi connectivity index (χ1n) is 6.08. The molecule has 94 valence electrons. The van der Waals surface area contributed by atoms with Crippen molar-refractivity contribution in [1.29, 1.82) is 0 Å². The van der Waals surface area contributed by atoms with Crippen molar-refractivity contribution in [2.75, 3.05) is 0 Å². The summed E-state index contributed by atoms with van der Waals surface area (Å²) >= 11 is 0. The average Bonchev–Trinajstić information content (AvgIpc) is 2.37. The molecule has 0 radical (unpaired) electrons. The summed E-state index contributed by atoms with van der Waals surface area (Å²) in [6.45, 7) is 3.77. The summed E-state index contributed by atoms with van der Waals surface area (Å²) in [4.78, 5) is 0. The van der Waals surface area contributed by atoms with Crippen molar-refractivity contribution in [3.63, 3.8) is 0 Å². The van der Waals surface area contributed by atoms with Crippen LogP contribution in [0.4, 0.5) is 4.39 Å². The van der Waals surface area contributed by atoms with Gasteiger partial charge in [-0.25, -0.2) is 4.39 Å². The van der Waals surface area contributed by atoms with Gasteiger partial charge in [0.15, 0.2) is 0 Å². The standard InChI is InChI=1S/C16H17FO/c1-11-8-14(10-15(17)9-11)16(18)12(2)13-6-4-3-5-7-13/h3-10,12,16,18H,1-2H3. The maximum Gasteiger partial charge on any atom is 0.123 e. The summed E-state index contributed by atoms with van der Waals surface area (Å²) in [5, 5.41) is 10.3. The topological polar surface area (TPSA) is 20.2 Å². The monoisotopic (exact) mass is 244 g/mol. The van der Waals surface area contributed by atoms with E-state index in [0.717, 1.165) is 11.1 Å². The highest BCUT2D eigenvalue weighted by atomic mass is 19.1. The maximum absolute atomic E-state index is 13.3. The molecule has 2 heteroatoms. The van der Waals surface area contributed by atoms with E-state index in [1.807, 2.05) is 50.2 Å². The highest BCUT2D eigenvalue weighted by Crippen LogP contribution is 2.31. The lowest BCUT2D eigenvalue weighted by Crippen LogP contribution is -2.08. The van der Waals surface area contributed by atoms with Gasteiger partial charge in [0.05, 0.1) is 6.10 Å². The normalized spacial score (nSPS) is 14.2. The summed E-state index contributed by atoms with van der Waals surface area (Å²) in [7, 11) is 0. The molecule has 1 nitrogen and oxygen atoms in total. The smallest absolute Gasteiger partial charge is 0.123 e. The first kappa shape index (κ1) is 12.8. The highest BCUT2D eigenvalue weighted by Gasteiger charge is 2.18. The fourth-order valence-corrected chi connectivity index (χ4v) is 2.16. The molecule has 2 unspecified atom stereocenters. The molecule has 18 heavy (non-hydrogen) atoms. The largest absolute Gasteiger partial charge is 0.388 e. The molecule has 0 fully saturated rings. The van der Waals surface area contributed by atoms with Crippen molar-refractivity contribution in [3.8, 4) is 0 Å². The van der Waals surface area contributed by atoms with Crippen LogP contribution >= 0.6 is 0 Å². The van der Waals surface area contributed by atoms with Gasteiger partial charge < -0.3 is 5.11 Å². The van der Waals surface area contributed by atoms with Crippen LogP contribution in [0.25, 0.3) is 0 Å². The first-order chi connectivity index (χ1) is 8.58. The zero-order chi connectivity index (χ0) is 13.1. The number of aryl methyl sites for hydroxylation is 1. The van der Waals surface area contributed by atoms with Crippen LogP contribution in [0.5, 0.6) is 0 Å². The summed E-state index contributed by atoms with van der Waals surface area (Å²) < 4.78 is 13.3. The van der Waals surface area contributed by atoms with Gasteiger partial charge in [0.1, 0.15) is 5.82 Å². The van der Waals surface area contributed by atoms with E-state index >= 15 is 0 Å². The van der Waals surface area contributed by atoms with Crippen LogP contribution in [0.2, 0.25) is 0 Å². The van der Waals surface area contributed by atoms with Gasteiger partial charge in [-0.3, -0.25) is 0 Å². The molecule has 0 aliphatic carbocycles. The van der Waals surface area contributed by atoms with Crippen molar-refractivity contribution in [2.24, 2.45) is 0 Å². The van der Waals surface area contributed by atoms with Crippen LogP contribution in [0, 0.1) is 12.7 Å². The molecule has 0 aromatic heterocycles. The van der Waals surface area contributed by atoms with Gasteiger partial charge in [-0.2, -0.15) is 0 Å². The summed E-state index contributed by atoms with van der Waals surface area (Å²) in [5.41, 5.74) is 2.50. The van der Waals surface area contributed by atoms with Crippen LogP contribution in [-0.2, 0) is 0 Å². The van der Waals surface area contributed by atoms with E-state index in [4.69, 9.17) is 0 Å². The predicted octanol–water partition coefficient (Wildman–Crippen LogP) is 3.97. The molecule has 2 rings (SSSR count). The molecular formula is C16H17FO. The molecule has 2 aromatic rings. The van der Waals surface area contributed by atoms with Crippen LogP contribution < -0.4 is 0 Å². The number of aliphatic hydroxyl groups is 1. The number of hydrogen-bond donors (Lipinski definition) is 1. The maximum atomic E-state index is 13.3. The third kappa shape index (κ3) is 2.77. The molecule has 0 saturated heterocycles. The van der Waals surface area contributed by atoms with Crippen LogP contribution in [0.3, 0.4) is 0 Å². The molecular weight excluding hydrogens is 227 g/mol. The quantitative estimate of drug-likeness (QED) is 0.866. The predicted molar refractivity (Wildman–Crippen MR) is 71.0 cm³/mol. The lowest BCUT2D eigenvalue weighted by molar-refractivity contribution is 0.151. The van der Waals surface area contributed by atoms with E-state index in [0.29, 0.717) is 5.56 Å². The Labute approximate surface area is 107 Å². The minimum atomic E-state index is -0.693. The van der Waals surface area contributed by atoms with Gasteiger partial charge in [0.2, 0.25) is 0 Å². The third-order valence-electron chi connectivity index (χ3n) is 3.20. The Morgan fingerprint density at radius 2 is 1.67 bits per heavy atom. The lowest BCUT2D eigenvalue weighted by atomic mass is 9.90. The lowest BCUT2D eigenvalue weighted by Gasteiger charge is -2.20. The average molecular weight is 244 g/mol. The summed E-state index contributed by atoms with van der Waals surface area (Å²) in [5.74, 6) is -0.364. The molecule has 0 aliphatic heterocycles. The Balaban J connectivity index is 2.28. The third-order valence-corrected chi connectivity index (χ3v) is 3.20. The second kappa shape index (κ2) is 5.32. The molecule has 0 heterocycles. The second-order valence-corrected chi connectivity index (χ2v) is 4.71. The number of benzene rings is 2. The van der Waals surface area contributed by atoms with Crippen LogP contribution in [-0.4, -0.2) is 5.11 Å². The fraction of sp³-hybridized carbons (Fsp3) is 0.250. The van der Waals surface area contributed by atoms with Crippen LogP contribution in [0.15, 0.2) is 48.5 Å². The van der Waals surface area contributed by atoms with Gasteiger partial charge in [-0.05, 0) is 35.7 Å². The zero-order valence-electron chi connectivity index (χ0n) is 10.6. The molecule has 0 bridgehead atoms. The van der Waals surface area contributed by atoms with Crippen molar-refractivity contribution in [2.45, 2.75) is 25.9 Å². The Morgan fingerprint density at radius 1 is 1.00 bits per heavy atom. The molecule has 0 saturated carbocycles. The highest BCUT2D eigenvalue weighted by molar-refractivity contribution is 5.29. The minimum absolute atomic E-state index is 0.0626. The molecule has 0 aliphatic rings. The molecule has 1 N–H and O–H groups in total. The number of hydrogen-bond acceptors (Lipinski definition) is 1. The minimum Gasteiger partial charge on any atom is -0.388 e. The summed E-state index contributed by atoms with van der Waals surface area (Å²) in [6, 6.07) is 14.5. The van der Waals surface area contributed by atoms with Crippen molar-refractivity contribution in [3.05, 3.63) is 71.0 Å². The van der Waals surface area contributed by atoms with Crippen molar-refractivity contribution < 1.29 is 9.50 Å². The zero-order valence-corrected chi connectivity index (χ0v) is 10.6. The second-order valence-electron chi connectivity index (χ2n) is 4.71. The van der Waals surface area contributed by atoms with Gasteiger partial charge in [0, 0.05) is 5.92 Å². The van der Waals surface area contributed by atoms with Crippen molar-refractivity contribution >= 4 is 0 Å².